The lowest BCUT2D eigenvalue weighted by atomic mass is 9.87. The van der Waals surface area contributed by atoms with Crippen molar-refractivity contribution in [3.8, 4) is 0 Å². The van der Waals surface area contributed by atoms with Crippen molar-refractivity contribution in [2.45, 2.75) is 38.8 Å². The van der Waals surface area contributed by atoms with E-state index in [2.05, 4.69) is 5.32 Å². The van der Waals surface area contributed by atoms with Gasteiger partial charge in [0.2, 0.25) is 11.8 Å². The monoisotopic (exact) mass is 312 g/mol. The van der Waals surface area contributed by atoms with Gasteiger partial charge in [0.25, 0.3) is 0 Å². The molecule has 0 aliphatic carbocycles. The Hall–Kier alpha value is -1.62. The number of carbonyl (C=O) groups is 2. The number of hydrogen-bond donors (Lipinski definition) is 1. The summed E-state index contributed by atoms with van der Waals surface area (Å²) in [4.78, 5) is 26.0. The van der Waals surface area contributed by atoms with E-state index < -0.39 is 11.4 Å². The van der Waals surface area contributed by atoms with Crippen molar-refractivity contribution < 1.29 is 14.0 Å². The maximum atomic E-state index is 13.9. The van der Waals surface area contributed by atoms with Gasteiger partial charge in [0.15, 0.2) is 0 Å². The van der Waals surface area contributed by atoms with Gasteiger partial charge in [-0.25, -0.2) is 4.39 Å². The van der Waals surface area contributed by atoms with E-state index >= 15 is 0 Å². The molecule has 1 saturated heterocycles. The van der Waals surface area contributed by atoms with Crippen molar-refractivity contribution in [3.63, 3.8) is 0 Å². The van der Waals surface area contributed by atoms with Gasteiger partial charge in [-0.15, -0.1) is 0 Å². The van der Waals surface area contributed by atoms with Crippen LogP contribution in [0.5, 0.6) is 0 Å². The summed E-state index contributed by atoms with van der Waals surface area (Å²) in [6.07, 6.45) is 0.951. The number of piperazine rings is 1. The van der Waals surface area contributed by atoms with E-state index in [-0.39, 0.29) is 24.9 Å². The van der Waals surface area contributed by atoms with Gasteiger partial charge in [0.05, 0.1) is 6.54 Å². The Bertz CT molecular complexity index is 573. The normalized spacial score (nSPS) is 17.8. The molecule has 0 atom stereocenters. The predicted molar refractivity (Wildman–Crippen MR) is 78.3 cm³/mol. The first-order valence-corrected chi connectivity index (χ1v) is 7.35. The number of nitrogens with one attached hydrogen (secondary N) is 1. The molecule has 0 unspecified atom stereocenters. The molecule has 0 aromatic heterocycles. The van der Waals surface area contributed by atoms with E-state index in [1.807, 2.05) is 13.8 Å². The first-order chi connectivity index (χ1) is 9.94. The van der Waals surface area contributed by atoms with E-state index in [9.17, 15) is 14.0 Å². The smallest absolute Gasteiger partial charge is 0.246 e. The van der Waals surface area contributed by atoms with E-state index in [1.54, 1.807) is 0 Å². The average Bonchev–Trinajstić information content (AvgIpc) is 2.47. The summed E-state index contributed by atoms with van der Waals surface area (Å²) < 4.78 is 13.9. The number of benzene rings is 1. The zero-order valence-electron chi connectivity index (χ0n) is 12.1. The van der Waals surface area contributed by atoms with Crippen LogP contribution < -0.4 is 5.32 Å². The van der Waals surface area contributed by atoms with Crippen molar-refractivity contribution >= 4 is 23.4 Å². The van der Waals surface area contributed by atoms with Crippen LogP contribution in [-0.2, 0) is 16.1 Å². The zero-order valence-corrected chi connectivity index (χ0v) is 12.8. The summed E-state index contributed by atoms with van der Waals surface area (Å²) in [6.45, 7) is 3.69. The van der Waals surface area contributed by atoms with Crippen LogP contribution in [0.4, 0.5) is 4.39 Å². The Morgan fingerprint density at radius 3 is 2.62 bits per heavy atom. The molecule has 1 fully saturated rings. The molecule has 1 aromatic carbocycles. The molecular weight excluding hydrogens is 295 g/mol. The van der Waals surface area contributed by atoms with Crippen LogP contribution in [0.1, 0.15) is 32.3 Å². The Kier molecular flexibility index (Phi) is 4.52. The lowest BCUT2D eigenvalue weighted by Gasteiger charge is -2.45. The molecule has 1 aromatic rings. The van der Waals surface area contributed by atoms with Crippen molar-refractivity contribution in [3.05, 3.63) is 34.6 Å². The molecule has 6 heteroatoms. The third-order valence-corrected chi connectivity index (χ3v) is 4.38. The van der Waals surface area contributed by atoms with Gasteiger partial charge in [-0.05, 0) is 31.0 Å². The summed E-state index contributed by atoms with van der Waals surface area (Å²) in [5, 5.41) is 3.02. The van der Waals surface area contributed by atoms with Crippen LogP contribution in [0.3, 0.4) is 0 Å². The van der Waals surface area contributed by atoms with Crippen molar-refractivity contribution in [1.29, 1.82) is 0 Å². The lowest BCUT2D eigenvalue weighted by molar-refractivity contribution is -0.155. The molecule has 1 aliphatic rings. The second kappa shape index (κ2) is 6.02. The molecule has 2 amide bonds. The SMILES string of the molecule is CCC1(CC)C(=O)NCC(=O)N1Cc1cc(Cl)ccc1F. The fourth-order valence-electron chi connectivity index (χ4n) is 2.80. The summed E-state index contributed by atoms with van der Waals surface area (Å²) in [7, 11) is 0. The third kappa shape index (κ3) is 2.75. The van der Waals surface area contributed by atoms with Gasteiger partial charge >= 0.3 is 0 Å². The van der Waals surface area contributed by atoms with Gasteiger partial charge in [-0.3, -0.25) is 9.59 Å². The minimum Gasteiger partial charge on any atom is -0.345 e. The maximum absolute atomic E-state index is 13.9. The second-order valence-corrected chi connectivity index (χ2v) is 5.57. The minimum atomic E-state index is -0.926. The fraction of sp³-hybridized carbons (Fsp3) is 0.467. The van der Waals surface area contributed by atoms with Crippen LogP contribution in [0, 0.1) is 5.82 Å². The molecule has 1 heterocycles. The standard InChI is InChI=1S/C15H18ClFN2O2/c1-3-15(4-2)14(21)18-8-13(20)19(15)9-10-7-11(16)5-6-12(10)17/h5-7H,3-4,8-9H2,1-2H3,(H,18,21). The number of amides is 2. The largest absolute Gasteiger partial charge is 0.345 e. The first-order valence-electron chi connectivity index (χ1n) is 6.97. The van der Waals surface area contributed by atoms with Gasteiger partial charge in [0.1, 0.15) is 11.4 Å². The highest BCUT2D eigenvalue weighted by Gasteiger charge is 2.46. The highest BCUT2D eigenvalue weighted by molar-refractivity contribution is 6.30. The molecule has 2 rings (SSSR count). The molecule has 0 spiro atoms. The Balaban J connectivity index is 2.40. The highest BCUT2D eigenvalue weighted by atomic mass is 35.5. The van der Waals surface area contributed by atoms with Crippen LogP contribution in [0.15, 0.2) is 18.2 Å². The highest BCUT2D eigenvalue weighted by Crippen LogP contribution is 2.30. The zero-order chi connectivity index (χ0) is 15.6. The summed E-state index contributed by atoms with van der Waals surface area (Å²) in [5.41, 5.74) is -0.610. The molecule has 0 radical (unpaired) electrons. The van der Waals surface area contributed by atoms with Crippen LogP contribution in [0.25, 0.3) is 0 Å². The molecule has 1 N–H and O–H groups in total. The van der Waals surface area contributed by atoms with Crippen molar-refractivity contribution in [2.24, 2.45) is 0 Å². The number of halogens is 2. The number of nitrogens with zero attached hydrogens (tertiary/aromatic N) is 1. The maximum Gasteiger partial charge on any atom is 0.246 e. The average molecular weight is 313 g/mol. The number of carbonyl (C=O) groups excluding carboxylic acids is 2. The fourth-order valence-corrected chi connectivity index (χ4v) is 3.00. The molecule has 21 heavy (non-hydrogen) atoms. The van der Waals surface area contributed by atoms with E-state index in [4.69, 9.17) is 11.6 Å². The van der Waals surface area contributed by atoms with Crippen LogP contribution >= 0.6 is 11.6 Å². The topological polar surface area (TPSA) is 49.4 Å². The van der Waals surface area contributed by atoms with E-state index in [0.29, 0.717) is 23.4 Å². The number of hydrogen-bond acceptors (Lipinski definition) is 2. The Labute approximate surface area is 128 Å². The third-order valence-electron chi connectivity index (χ3n) is 4.15. The van der Waals surface area contributed by atoms with Gasteiger partial charge in [0, 0.05) is 17.1 Å². The Morgan fingerprint density at radius 2 is 2.00 bits per heavy atom. The van der Waals surface area contributed by atoms with Crippen LogP contribution in [0.2, 0.25) is 5.02 Å². The van der Waals surface area contributed by atoms with Gasteiger partial charge < -0.3 is 10.2 Å². The summed E-state index contributed by atoms with van der Waals surface area (Å²) in [5.74, 6) is -0.827. The molecular formula is C15H18ClFN2O2. The molecule has 0 bridgehead atoms. The van der Waals surface area contributed by atoms with Crippen molar-refractivity contribution in [2.75, 3.05) is 6.54 Å². The Morgan fingerprint density at radius 1 is 1.33 bits per heavy atom. The van der Waals surface area contributed by atoms with Crippen molar-refractivity contribution in [1.82, 2.24) is 10.2 Å². The number of rotatable bonds is 4. The quantitative estimate of drug-likeness (QED) is 0.928. The molecule has 114 valence electrons. The van der Waals surface area contributed by atoms with Gasteiger partial charge in [-0.1, -0.05) is 25.4 Å². The van der Waals surface area contributed by atoms with Crippen LogP contribution in [-0.4, -0.2) is 28.8 Å². The lowest BCUT2D eigenvalue weighted by Crippen LogP contribution is -2.66. The first kappa shape index (κ1) is 15.8. The van der Waals surface area contributed by atoms with E-state index in [1.165, 1.54) is 23.1 Å². The molecule has 4 nitrogen and oxygen atoms in total. The predicted octanol–water partition coefficient (Wildman–Crippen LogP) is 2.50. The summed E-state index contributed by atoms with van der Waals surface area (Å²) >= 11 is 5.89. The second-order valence-electron chi connectivity index (χ2n) is 5.14. The van der Waals surface area contributed by atoms with E-state index in [0.717, 1.165) is 0 Å². The van der Waals surface area contributed by atoms with Gasteiger partial charge in [-0.2, -0.15) is 0 Å². The minimum absolute atomic E-state index is 0.0420. The molecule has 1 aliphatic heterocycles. The molecule has 0 saturated carbocycles. The summed E-state index contributed by atoms with van der Waals surface area (Å²) in [6, 6.07) is 4.22.